The third-order valence-corrected chi connectivity index (χ3v) is 7.82. The van der Waals surface area contributed by atoms with Crippen molar-refractivity contribution >= 4 is 23.2 Å². The minimum absolute atomic E-state index is 0.0132. The van der Waals surface area contributed by atoms with Gasteiger partial charge in [0.2, 0.25) is 0 Å². The van der Waals surface area contributed by atoms with Crippen molar-refractivity contribution in [3.63, 3.8) is 0 Å². The van der Waals surface area contributed by atoms with Crippen molar-refractivity contribution in [1.82, 2.24) is 19.5 Å². The van der Waals surface area contributed by atoms with Crippen LogP contribution in [0, 0.1) is 31.5 Å². The fraction of sp³-hybridized carbons (Fsp3) is 0.480. The van der Waals surface area contributed by atoms with Crippen LogP contribution in [0.25, 0.3) is 5.65 Å². The number of hydrogen-bond donors (Lipinski definition) is 0. The number of amides is 1. The van der Waals surface area contributed by atoms with E-state index in [4.69, 9.17) is 21.1 Å². The average Bonchev–Trinajstić information content (AvgIpc) is 3.31. The second-order valence-electron chi connectivity index (χ2n) is 9.78. The Bertz CT molecular complexity index is 1300. The number of nitrogens with zero attached hydrogens (tertiary/aromatic N) is 4. The number of carbonyl (C=O) groups excluding carboxylic acids is 1. The standard InChI is InChI=1S/C25H26ClFN4O3/c1-13-23(26)14(2)31-24(28-13)20-9-30(10-21(20)29-31)25(32)19-4-3-17(27)8-22(19)34-18-6-15(7-18)5-16-11-33-12-16/h3-4,8,15-16,18H,5-7,9-12H2,1-2H3. The fourth-order valence-electron chi connectivity index (χ4n) is 5.23. The molecule has 0 unspecified atom stereocenters. The van der Waals surface area contributed by atoms with Gasteiger partial charge in [0.25, 0.3) is 5.91 Å². The lowest BCUT2D eigenvalue weighted by Gasteiger charge is -2.39. The van der Waals surface area contributed by atoms with Gasteiger partial charge in [0.1, 0.15) is 11.6 Å². The summed E-state index contributed by atoms with van der Waals surface area (Å²) in [6.45, 7) is 6.23. The SMILES string of the molecule is Cc1nc2c3c(nn2c(C)c1Cl)CN(C(=O)c1ccc(F)cc1OC1CC(CC2COC2)C1)C3. The number of rotatable bonds is 5. The van der Waals surface area contributed by atoms with Gasteiger partial charge < -0.3 is 14.4 Å². The van der Waals surface area contributed by atoms with Crippen molar-refractivity contribution in [2.45, 2.75) is 52.3 Å². The number of halogens is 2. The van der Waals surface area contributed by atoms with Crippen molar-refractivity contribution in [1.29, 1.82) is 0 Å². The third-order valence-electron chi connectivity index (χ3n) is 7.28. The van der Waals surface area contributed by atoms with E-state index in [1.165, 1.54) is 18.2 Å². The predicted molar refractivity (Wildman–Crippen MR) is 124 cm³/mol. The first kappa shape index (κ1) is 21.8. The lowest BCUT2D eigenvalue weighted by molar-refractivity contribution is -0.0581. The Kier molecular flexibility index (Phi) is 5.26. The number of fused-ring (bicyclic) bond motifs is 3. The topological polar surface area (TPSA) is 69.0 Å². The highest BCUT2D eigenvalue weighted by atomic mass is 35.5. The molecule has 1 saturated heterocycles. The molecule has 1 aliphatic carbocycles. The lowest BCUT2D eigenvalue weighted by Crippen LogP contribution is -2.39. The van der Waals surface area contributed by atoms with Crippen LogP contribution in [-0.4, -0.2) is 44.7 Å². The fourth-order valence-corrected chi connectivity index (χ4v) is 5.35. The summed E-state index contributed by atoms with van der Waals surface area (Å²) in [4.78, 5) is 19.8. The highest BCUT2D eigenvalue weighted by Gasteiger charge is 2.36. The number of aromatic nitrogens is 3. The van der Waals surface area contributed by atoms with Crippen LogP contribution in [-0.2, 0) is 17.8 Å². The van der Waals surface area contributed by atoms with Gasteiger partial charge in [0.15, 0.2) is 5.65 Å². The van der Waals surface area contributed by atoms with E-state index in [0.717, 1.165) is 60.8 Å². The molecule has 1 aromatic carbocycles. The molecule has 2 aromatic heterocycles. The summed E-state index contributed by atoms with van der Waals surface area (Å²) in [7, 11) is 0. The van der Waals surface area contributed by atoms with Crippen LogP contribution in [0.5, 0.6) is 5.75 Å². The van der Waals surface area contributed by atoms with Crippen LogP contribution in [0.1, 0.15) is 52.3 Å². The molecule has 3 aliphatic rings. The molecule has 0 N–H and O–H groups in total. The number of benzene rings is 1. The van der Waals surface area contributed by atoms with Crippen LogP contribution in [0.15, 0.2) is 18.2 Å². The Morgan fingerprint density at radius 3 is 2.76 bits per heavy atom. The van der Waals surface area contributed by atoms with Crippen LogP contribution < -0.4 is 4.74 Å². The Balaban J connectivity index is 1.19. The van der Waals surface area contributed by atoms with E-state index in [0.29, 0.717) is 41.3 Å². The molecule has 0 atom stereocenters. The summed E-state index contributed by atoms with van der Waals surface area (Å²) in [5, 5.41) is 5.24. The van der Waals surface area contributed by atoms with Gasteiger partial charge in [0, 0.05) is 17.5 Å². The highest BCUT2D eigenvalue weighted by molar-refractivity contribution is 6.31. The zero-order valence-electron chi connectivity index (χ0n) is 19.2. The zero-order valence-corrected chi connectivity index (χ0v) is 19.9. The minimum Gasteiger partial charge on any atom is -0.489 e. The van der Waals surface area contributed by atoms with Crippen LogP contribution in [0.4, 0.5) is 4.39 Å². The summed E-state index contributed by atoms with van der Waals surface area (Å²) >= 11 is 6.33. The number of hydrogen-bond acceptors (Lipinski definition) is 5. The van der Waals surface area contributed by atoms with Crippen LogP contribution in [0.2, 0.25) is 5.02 Å². The first-order valence-electron chi connectivity index (χ1n) is 11.7. The van der Waals surface area contributed by atoms with Crippen molar-refractivity contribution in [2.75, 3.05) is 13.2 Å². The maximum atomic E-state index is 14.1. The Hall–Kier alpha value is -2.71. The number of ether oxygens (including phenoxy) is 2. The minimum atomic E-state index is -0.413. The van der Waals surface area contributed by atoms with E-state index >= 15 is 0 Å². The maximum absolute atomic E-state index is 14.1. The van der Waals surface area contributed by atoms with Crippen molar-refractivity contribution in [3.05, 3.63) is 57.2 Å². The number of aryl methyl sites for hydroxylation is 2. The maximum Gasteiger partial charge on any atom is 0.258 e. The largest absolute Gasteiger partial charge is 0.489 e. The molecular weight excluding hydrogens is 459 g/mol. The molecule has 2 fully saturated rings. The second kappa shape index (κ2) is 8.20. The van der Waals surface area contributed by atoms with Gasteiger partial charge in [-0.3, -0.25) is 4.79 Å². The first-order chi connectivity index (χ1) is 16.4. The van der Waals surface area contributed by atoms with E-state index in [1.807, 2.05) is 13.8 Å². The van der Waals surface area contributed by atoms with Gasteiger partial charge in [-0.1, -0.05) is 11.6 Å². The summed E-state index contributed by atoms with van der Waals surface area (Å²) < 4.78 is 27.2. The Morgan fingerprint density at radius 2 is 2.03 bits per heavy atom. The Morgan fingerprint density at radius 1 is 1.24 bits per heavy atom. The average molecular weight is 485 g/mol. The predicted octanol–water partition coefficient (Wildman–Crippen LogP) is 4.49. The summed E-state index contributed by atoms with van der Waals surface area (Å²) in [6, 6.07) is 4.15. The molecule has 0 spiro atoms. The monoisotopic (exact) mass is 484 g/mol. The molecule has 1 saturated carbocycles. The van der Waals surface area contributed by atoms with Gasteiger partial charge in [-0.15, -0.1) is 0 Å². The van der Waals surface area contributed by atoms with Gasteiger partial charge in [-0.25, -0.2) is 13.9 Å². The van der Waals surface area contributed by atoms with E-state index in [2.05, 4.69) is 10.1 Å². The molecule has 6 rings (SSSR count). The molecule has 9 heteroatoms. The van der Waals surface area contributed by atoms with E-state index in [1.54, 1.807) is 9.42 Å². The molecule has 1 amide bonds. The molecular formula is C25H26ClFN4O3. The molecule has 178 valence electrons. The Labute approximate surface area is 201 Å². The normalized spacial score (nSPS) is 21.9. The molecule has 7 nitrogen and oxygen atoms in total. The second-order valence-corrected chi connectivity index (χ2v) is 10.2. The number of carbonyl (C=O) groups is 1. The zero-order chi connectivity index (χ0) is 23.6. The molecule has 34 heavy (non-hydrogen) atoms. The molecule has 0 bridgehead atoms. The van der Waals surface area contributed by atoms with Gasteiger partial charge in [-0.05, 0) is 51.2 Å². The van der Waals surface area contributed by atoms with E-state index < -0.39 is 5.82 Å². The van der Waals surface area contributed by atoms with Crippen LogP contribution >= 0.6 is 11.6 Å². The summed E-state index contributed by atoms with van der Waals surface area (Å²) in [5.41, 5.74) is 4.38. The van der Waals surface area contributed by atoms with Gasteiger partial charge in [0.05, 0.1) is 60.1 Å². The summed E-state index contributed by atoms with van der Waals surface area (Å²) in [6.07, 6.45) is 3.03. The lowest BCUT2D eigenvalue weighted by atomic mass is 9.76. The smallest absolute Gasteiger partial charge is 0.258 e. The van der Waals surface area contributed by atoms with E-state index in [-0.39, 0.29) is 12.0 Å². The summed E-state index contributed by atoms with van der Waals surface area (Å²) in [5.74, 6) is 0.980. The quantitative estimate of drug-likeness (QED) is 0.533. The van der Waals surface area contributed by atoms with Gasteiger partial charge >= 0.3 is 0 Å². The molecule has 2 aliphatic heterocycles. The van der Waals surface area contributed by atoms with E-state index in [9.17, 15) is 9.18 Å². The molecule has 4 heterocycles. The van der Waals surface area contributed by atoms with Gasteiger partial charge in [-0.2, -0.15) is 5.10 Å². The third kappa shape index (κ3) is 3.64. The first-order valence-corrected chi connectivity index (χ1v) is 12.1. The molecule has 0 radical (unpaired) electrons. The van der Waals surface area contributed by atoms with Crippen LogP contribution in [0.3, 0.4) is 0 Å². The van der Waals surface area contributed by atoms with Crippen molar-refractivity contribution < 1.29 is 18.7 Å². The molecule has 3 aromatic rings. The van der Waals surface area contributed by atoms with Crippen molar-refractivity contribution in [2.24, 2.45) is 11.8 Å². The highest BCUT2D eigenvalue weighted by Crippen LogP contribution is 2.39. The van der Waals surface area contributed by atoms with Crippen molar-refractivity contribution in [3.8, 4) is 5.75 Å².